The molecular weight excluding hydrogens is 611 g/mol. The van der Waals surface area contributed by atoms with Crippen LogP contribution in [-0.4, -0.2) is 46.5 Å². The summed E-state index contributed by atoms with van der Waals surface area (Å²) in [6.45, 7) is 0.362. The molecule has 2 unspecified atom stereocenters. The molecular formula is C33H27ClF3N3O5. The maximum atomic E-state index is 12.9. The van der Waals surface area contributed by atoms with Gasteiger partial charge in [0.15, 0.2) is 6.61 Å². The number of piperidine rings is 1. The molecule has 0 spiro atoms. The number of benzene rings is 4. The lowest BCUT2D eigenvalue weighted by Crippen LogP contribution is -2.46. The predicted molar refractivity (Wildman–Crippen MR) is 159 cm³/mol. The molecule has 45 heavy (non-hydrogen) atoms. The average molecular weight is 638 g/mol. The number of hydroxylamine groups is 2. The Bertz CT molecular complexity index is 1780. The molecule has 1 aromatic heterocycles. The van der Waals surface area contributed by atoms with Gasteiger partial charge in [0, 0.05) is 18.0 Å². The van der Waals surface area contributed by atoms with Crippen LogP contribution in [-0.2, 0) is 27.6 Å². The molecule has 4 aromatic carbocycles. The fourth-order valence-electron chi connectivity index (χ4n) is 5.24. The van der Waals surface area contributed by atoms with Gasteiger partial charge < -0.3 is 18.8 Å². The van der Waals surface area contributed by atoms with Crippen molar-refractivity contribution in [1.82, 2.24) is 15.2 Å². The first-order valence-electron chi connectivity index (χ1n) is 14.2. The summed E-state index contributed by atoms with van der Waals surface area (Å²) < 4.78 is 56.1. The Morgan fingerprint density at radius 3 is 2.49 bits per heavy atom. The summed E-state index contributed by atoms with van der Waals surface area (Å²) in [5.74, 6) is -1.24. The second-order valence-corrected chi connectivity index (χ2v) is 10.9. The highest BCUT2D eigenvalue weighted by molar-refractivity contribution is 6.33. The van der Waals surface area contributed by atoms with Crippen molar-refractivity contribution in [3.8, 4) is 17.1 Å². The second-order valence-electron chi connectivity index (χ2n) is 10.5. The molecule has 2 heterocycles. The third kappa shape index (κ3) is 7.44. The maximum Gasteiger partial charge on any atom is 0.492 e. The van der Waals surface area contributed by atoms with Crippen molar-refractivity contribution in [1.29, 1.82) is 0 Å². The molecule has 0 radical (unpaired) electrons. The molecule has 0 N–H and O–H groups in total. The van der Waals surface area contributed by atoms with E-state index in [1.165, 1.54) is 0 Å². The molecule has 232 valence electrons. The van der Waals surface area contributed by atoms with Crippen molar-refractivity contribution in [2.75, 3.05) is 13.1 Å². The van der Waals surface area contributed by atoms with Crippen LogP contribution in [0.4, 0.5) is 13.2 Å². The standard InChI is InChI=1S/C33H27ClF3N3O5/c34-28-8-4-3-7-27(28)31-38-30(44-39-31)20-42-25-13-11-23(12-14-25)26-15-16-40(45-32(41)33(35,36)37)18-29(26)43-19-21-9-10-22-5-1-2-6-24(22)17-21/h1-14,17,26,29H,15-16,18-20H2. The number of carbonyl (C=O) groups excluding carboxylic acids is 1. The molecule has 0 bridgehead atoms. The van der Waals surface area contributed by atoms with Gasteiger partial charge in [-0.25, -0.2) is 4.79 Å². The number of halogens is 4. The number of aromatic nitrogens is 2. The Kier molecular flexibility index (Phi) is 9.02. The first-order chi connectivity index (χ1) is 21.7. The van der Waals surface area contributed by atoms with Crippen LogP contribution in [0.1, 0.15) is 29.4 Å². The lowest BCUT2D eigenvalue weighted by Gasteiger charge is -2.37. The summed E-state index contributed by atoms with van der Waals surface area (Å²) in [6, 6.07) is 28.4. The zero-order chi connectivity index (χ0) is 31.4. The first kappa shape index (κ1) is 30.6. The van der Waals surface area contributed by atoms with Crippen LogP contribution in [0, 0.1) is 0 Å². The SMILES string of the molecule is O=C(ON1CCC(c2ccc(OCc3nc(-c4ccccc4Cl)no3)cc2)C(OCc2ccc3ccccc3c2)C1)C(F)(F)F. The van der Waals surface area contributed by atoms with E-state index in [0.29, 0.717) is 28.6 Å². The van der Waals surface area contributed by atoms with E-state index in [1.807, 2.05) is 66.7 Å². The molecule has 0 saturated carbocycles. The average Bonchev–Trinajstić information content (AvgIpc) is 3.52. The van der Waals surface area contributed by atoms with Gasteiger partial charge in [-0.3, -0.25) is 0 Å². The van der Waals surface area contributed by atoms with Gasteiger partial charge in [-0.05, 0) is 58.7 Å². The predicted octanol–water partition coefficient (Wildman–Crippen LogP) is 7.52. The lowest BCUT2D eigenvalue weighted by molar-refractivity contribution is -0.248. The van der Waals surface area contributed by atoms with E-state index in [1.54, 1.807) is 24.3 Å². The number of rotatable bonds is 9. The number of nitrogens with zero attached hydrogens (tertiary/aromatic N) is 3. The molecule has 1 aliphatic heterocycles. The van der Waals surface area contributed by atoms with Crippen molar-refractivity contribution in [3.05, 3.63) is 113 Å². The maximum absolute atomic E-state index is 12.9. The van der Waals surface area contributed by atoms with Crippen molar-refractivity contribution in [3.63, 3.8) is 0 Å². The van der Waals surface area contributed by atoms with E-state index in [2.05, 4.69) is 15.0 Å². The Labute approximate surface area is 261 Å². The number of ether oxygens (including phenoxy) is 2. The molecule has 2 atom stereocenters. The third-order valence-corrected chi connectivity index (χ3v) is 7.83. The van der Waals surface area contributed by atoms with Crippen LogP contribution in [0.3, 0.4) is 0 Å². The minimum absolute atomic E-state index is 0.0246. The van der Waals surface area contributed by atoms with Gasteiger partial charge in [0.2, 0.25) is 5.82 Å². The zero-order valence-corrected chi connectivity index (χ0v) is 24.5. The zero-order valence-electron chi connectivity index (χ0n) is 23.7. The van der Waals surface area contributed by atoms with Gasteiger partial charge >= 0.3 is 12.1 Å². The molecule has 8 nitrogen and oxygen atoms in total. The lowest BCUT2D eigenvalue weighted by atomic mass is 9.87. The number of hydrogen-bond acceptors (Lipinski definition) is 8. The number of fused-ring (bicyclic) bond motifs is 1. The van der Waals surface area contributed by atoms with E-state index >= 15 is 0 Å². The Morgan fingerprint density at radius 1 is 0.956 bits per heavy atom. The fraction of sp³-hybridized carbons (Fsp3) is 0.242. The van der Waals surface area contributed by atoms with Gasteiger partial charge in [-0.1, -0.05) is 77.4 Å². The van der Waals surface area contributed by atoms with Crippen LogP contribution >= 0.6 is 11.6 Å². The second kappa shape index (κ2) is 13.3. The van der Waals surface area contributed by atoms with Gasteiger partial charge in [0.1, 0.15) is 5.75 Å². The fourth-order valence-corrected chi connectivity index (χ4v) is 5.46. The van der Waals surface area contributed by atoms with E-state index in [4.69, 9.17) is 25.6 Å². The Hall–Kier alpha value is -4.45. The quantitative estimate of drug-likeness (QED) is 0.164. The number of alkyl halides is 3. The summed E-state index contributed by atoms with van der Waals surface area (Å²) in [5, 5.41) is 7.64. The van der Waals surface area contributed by atoms with Crippen LogP contribution in [0.2, 0.25) is 5.02 Å². The Morgan fingerprint density at radius 2 is 1.71 bits per heavy atom. The minimum atomic E-state index is -5.09. The molecule has 0 aliphatic carbocycles. The van der Waals surface area contributed by atoms with E-state index in [0.717, 1.165) is 27.0 Å². The van der Waals surface area contributed by atoms with E-state index in [-0.39, 0.29) is 38.1 Å². The van der Waals surface area contributed by atoms with E-state index in [9.17, 15) is 18.0 Å². The van der Waals surface area contributed by atoms with Crippen LogP contribution in [0.25, 0.3) is 22.2 Å². The van der Waals surface area contributed by atoms with Crippen molar-refractivity contribution in [2.45, 2.75) is 37.8 Å². The molecule has 0 amide bonds. The number of carbonyl (C=O) groups is 1. The summed E-state index contributed by atoms with van der Waals surface area (Å²) in [5.41, 5.74) is 2.47. The summed E-state index contributed by atoms with van der Waals surface area (Å²) in [4.78, 5) is 20.5. The summed E-state index contributed by atoms with van der Waals surface area (Å²) in [6.07, 6.45) is -5.24. The van der Waals surface area contributed by atoms with Crippen LogP contribution in [0.5, 0.6) is 5.75 Å². The van der Waals surface area contributed by atoms with Gasteiger partial charge in [0.05, 0.1) is 24.3 Å². The smallest absolute Gasteiger partial charge is 0.484 e. The number of hydrogen-bond donors (Lipinski definition) is 0. The van der Waals surface area contributed by atoms with Crippen LogP contribution < -0.4 is 4.74 Å². The van der Waals surface area contributed by atoms with Gasteiger partial charge in [-0.15, -0.1) is 5.06 Å². The highest BCUT2D eigenvalue weighted by atomic mass is 35.5. The topological polar surface area (TPSA) is 86.9 Å². The molecule has 1 aliphatic rings. The molecule has 1 fully saturated rings. The largest absolute Gasteiger partial charge is 0.492 e. The minimum Gasteiger partial charge on any atom is -0.484 e. The van der Waals surface area contributed by atoms with Gasteiger partial charge in [-0.2, -0.15) is 18.2 Å². The Balaban J connectivity index is 1.13. The van der Waals surface area contributed by atoms with Crippen molar-refractivity contribution in [2.24, 2.45) is 0 Å². The molecule has 6 rings (SSSR count). The first-order valence-corrected chi connectivity index (χ1v) is 14.5. The van der Waals surface area contributed by atoms with Crippen molar-refractivity contribution < 1.29 is 36.8 Å². The van der Waals surface area contributed by atoms with E-state index < -0.39 is 18.2 Å². The van der Waals surface area contributed by atoms with Gasteiger partial charge in [0.25, 0.3) is 5.89 Å². The molecule has 5 aromatic rings. The third-order valence-electron chi connectivity index (χ3n) is 7.50. The van der Waals surface area contributed by atoms with Crippen LogP contribution in [0.15, 0.2) is 95.5 Å². The summed E-state index contributed by atoms with van der Waals surface area (Å²) >= 11 is 6.22. The highest BCUT2D eigenvalue weighted by Crippen LogP contribution is 2.33. The van der Waals surface area contributed by atoms with Crippen molar-refractivity contribution >= 4 is 28.3 Å². The summed E-state index contributed by atoms with van der Waals surface area (Å²) in [7, 11) is 0. The highest BCUT2D eigenvalue weighted by Gasteiger charge is 2.44. The normalized spacial score (nSPS) is 17.3. The molecule has 1 saturated heterocycles. The molecule has 12 heteroatoms. The monoisotopic (exact) mass is 637 g/mol.